The molecule has 2 nitrogen and oxygen atoms in total. The van der Waals surface area contributed by atoms with Crippen LogP contribution < -0.4 is 4.57 Å². The highest BCUT2D eigenvalue weighted by atomic mass is 32.1. The molecule has 2 heterocycles. The maximum atomic E-state index is 12.9. The lowest BCUT2D eigenvalue weighted by atomic mass is 10.1. The monoisotopic (exact) mass is 400 g/mol. The third kappa shape index (κ3) is 3.60. The van der Waals surface area contributed by atoms with Gasteiger partial charge < -0.3 is 4.42 Å². The summed E-state index contributed by atoms with van der Waals surface area (Å²) in [6.45, 7) is 2.94. The van der Waals surface area contributed by atoms with Crippen molar-refractivity contribution in [1.29, 1.82) is 0 Å². The lowest BCUT2D eigenvalue weighted by Crippen LogP contribution is -2.33. The number of rotatable bonds is 4. The van der Waals surface area contributed by atoms with Gasteiger partial charge in [0.15, 0.2) is 0 Å². The van der Waals surface area contributed by atoms with Crippen LogP contribution in [0, 0.1) is 0 Å². The Bertz CT molecular complexity index is 1150. The zero-order valence-electron chi connectivity index (χ0n) is 15.0. The van der Waals surface area contributed by atoms with Gasteiger partial charge in [0.1, 0.15) is 22.8 Å². The largest absolute Gasteiger partial charge is 0.457 e. The fourth-order valence-electron chi connectivity index (χ4n) is 3.10. The van der Waals surface area contributed by atoms with Crippen molar-refractivity contribution in [3.8, 4) is 11.3 Å². The Morgan fingerprint density at radius 2 is 1.82 bits per heavy atom. The van der Waals surface area contributed by atoms with E-state index in [1.807, 2.05) is 24.3 Å². The van der Waals surface area contributed by atoms with E-state index in [1.54, 1.807) is 29.5 Å². The molecule has 0 radical (unpaired) electrons. The molecule has 6 heteroatoms. The molecule has 0 aliphatic rings. The fraction of sp³-hybridized carbons (Fsp3) is 0.136. The summed E-state index contributed by atoms with van der Waals surface area (Å²) in [6.07, 6.45) is -0.558. The van der Waals surface area contributed by atoms with Crippen LogP contribution in [0.2, 0.25) is 0 Å². The minimum atomic E-state index is -4.37. The number of aryl methyl sites for hydroxylation is 1. The second-order valence-corrected chi connectivity index (χ2v) is 7.33. The zero-order valence-corrected chi connectivity index (χ0v) is 15.8. The van der Waals surface area contributed by atoms with Crippen molar-refractivity contribution in [2.24, 2.45) is 0 Å². The van der Waals surface area contributed by atoms with Crippen LogP contribution in [-0.4, -0.2) is 0 Å². The molecule has 0 aliphatic carbocycles. The minimum Gasteiger partial charge on any atom is -0.457 e. The van der Waals surface area contributed by atoms with E-state index in [2.05, 4.69) is 23.6 Å². The number of fused-ring (bicyclic) bond motifs is 1. The molecule has 4 aromatic rings. The Morgan fingerprint density at radius 3 is 2.61 bits per heavy atom. The number of nitrogens with zero attached hydrogens (tertiary/aromatic N) is 1. The average molecular weight is 400 g/mol. The highest BCUT2D eigenvalue weighted by molar-refractivity contribution is 7.18. The highest BCUT2D eigenvalue weighted by Crippen LogP contribution is 2.33. The summed E-state index contributed by atoms with van der Waals surface area (Å²) in [4.78, 5) is 0. The van der Waals surface area contributed by atoms with Gasteiger partial charge in [-0.3, -0.25) is 0 Å². The molecular formula is C22H17F3NOS+. The Labute approximate surface area is 164 Å². The van der Waals surface area contributed by atoms with Gasteiger partial charge in [-0.1, -0.05) is 35.6 Å². The second-order valence-electron chi connectivity index (χ2n) is 6.27. The van der Waals surface area contributed by atoms with E-state index in [-0.39, 0.29) is 0 Å². The molecule has 0 atom stereocenters. The number of aromatic nitrogens is 1. The van der Waals surface area contributed by atoms with Crippen molar-refractivity contribution in [2.45, 2.75) is 19.6 Å². The zero-order chi connectivity index (χ0) is 19.7. The first-order valence-corrected chi connectivity index (χ1v) is 9.64. The third-order valence-corrected chi connectivity index (χ3v) is 5.57. The summed E-state index contributed by atoms with van der Waals surface area (Å²) >= 11 is 1.69. The number of para-hydroxylation sites is 1. The molecule has 0 amide bonds. The molecule has 142 valence electrons. The van der Waals surface area contributed by atoms with Crippen LogP contribution >= 0.6 is 11.3 Å². The molecule has 0 saturated carbocycles. The van der Waals surface area contributed by atoms with E-state index >= 15 is 0 Å². The number of furan rings is 1. The van der Waals surface area contributed by atoms with Crippen molar-refractivity contribution in [1.82, 2.24) is 0 Å². The molecular weight excluding hydrogens is 383 g/mol. The van der Waals surface area contributed by atoms with E-state index in [9.17, 15) is 13.2 Å². The average Bonchev–Trinajstić information content (AvgIpc) is 3.30. The number of hydrogen-bond donors (Lipinski definition) is 0. The summed E-state index contributed by atoms with van der Waals surface area (Å²) in [5, 5.41) is 1.08. The number of thiazole rings is 1. The Morgan fingerprint density at radius 1 is 1.00 bits per heavy atom. The van der Waals surface area contributed by atoms with Crippen molar-refractivity contribution in [3.05, 3.63) is 77.0 Å². The van der Waals surface area contributed by atoms with E-state index in [0.29, 0.717) is 17.1 Å². The number of benzene rings is 2. The van der Waals surface area contributed by atoms with Gasteiger partial charge in [0.05, 0.1) is 5.56 Å². The lowest BCUT2D eigenvalue weighted by molar-refractivity contribution is -0.665. The van der Waals surface area contributed by atoms with Crippen molar-refractivity contribution in [2.75, 3.05) is 0 Å². The van der Waals surface area contributed by atoms with Crippen LogP contribution in [0.15, 0.2) is 65.1 Å². The molecule has 0 spiro atoms. The van der Waals surface area contributed by atoms with Gasteiger partial charge in [-0.25, -0.2) is 0 Å². The Hall–Kier alpha value is -2.86. The highest BCUT2D eigenvalue weighted by Gasteiger charge is 2.30. The van der Waals surface area contributed by atoms with E-state index in [0.717, 1.165) is 23.7 Å². The molecule has 0 unspecified atom stereocenters. The predicted octanol–water partition coefficient (Wildman–Crippen LogP) is 6.66. The van der Waals surface area contributed by atoms with Crippen molar-refractivity contribution in [3.63, 3.8) is 0 Å². The molecule has 0 aliphatic heterocycles. The molecule has 0 N–H and O–H groups in total. The topological polar surface area (TPSA) is 17.0 Å². The van der Waals surface area contributed by atoms with Gasteiger partial charge in [-0.2, -0.15) is 17.7 Å². The molecule has 2 aromatic heterocycles. The summed E-state index contributed by atoms with van der Waals surface area (Å²) < 4.78 is 47.9. The Balaban J connectivity index is 1.63. The molecule has 2 aromatic carbocycles. The number of halogens is 3. The van der Waals surface area contributed by atoms with Crippen molar-refractivity contribution >= 4 is 33.7 Å². The Kier molecular flexibility index (Phi) is 4.81. The number of alkyl halides is 3. The third-order valence-electron chi connectivity index (χ3n) is 4.44. The SMILES string of the molecule is CC[n+]1c(C=Cc2ccc(-c3cccc(C(F)(F)F)c3)o2)sc2ccccc21. The maximum Gasteiger partial charge on any atom is 0.416 e. The standard InChI is InChI=1S/C22H17F3NOS/c1-2-26-18-8-3-4-9-20(18)28-21(26)13-11-17-10-12-19(27-17)15-6-5-7-16(14-15)22(23,24)25/h3-14H,2H2,1H3/q+1. The van der Waals surface area contributed by atoms with Crippen LogP contribution in [0.4, 0.5) is 13.2 Å². The van der Waals surface area contributed by atoms with Gasteiger partial charge in [-0.05, 0) is 43.3 Å². The smallest absolute Gasteiger partial charge is 0.416 e. The second kappa shape index (κ2) is 7.28. The van der Waals surface area contributed by atoms with Gasteiger partial charge in [0.2, 0.25) is 5.52 Å². The van der Waals surface area contributed by atoms with E-state index in [1.165, 1.54) is 16.3 Å². The molecule has 0 fully saturated rings. The molecule has 28 heavy (non-hydrogen) atoms. The van der Waals surface area contributed by atoms with Gasteiger partial charge in [0.25, 0.3) is 5.01 Å². The van der Waals surface area contributed by atoms with Crippen molar-refractivity contribution < 1.29 is 22.2 Å². The van der Waals surface area contributed by atoms with Crippen LogP contribution in [0.3, 0.4) is 0 Å². The normalized spacial score (nSPS) is 12.3. The summed E-state index contributed by atoms with van der Waals surface area (Å²) in [6, 6.07) is 16.8. The minimum absolute atomic E-state index is 0.403. The summed E-state index contributed by atoms with van der Waals surface area (Å²) in [5.74, 6) is 0.998. The van der Waals surface area contributed by atoms with Gasteiger partial charge in [0, 0.05) is 17.7 Å². The van der Waals surface area contributed by atoms with Gasteiger partial charge in [-0.15, -0.1) is 0 Å². The first-order valence-electron chi connectivity index (χ1n) is 8.82. The maximum absolute atomic E-state index is 12.9. The van der Waals surface area contributed by atoms with Crippen LogP contribution in [0.25, 0.3) is 33.7 Å². The first-order chi connectivity index (χ1) is 13.5. The predicted molar refractivity (Wildman–Crippen MR) is 106 cm³/mol. The van der Waals surface area contributed by atoms with E-state index in [4.69, 9.17) is 4.42 Å². The summed E-state index contributed by atoms with van der Waals surface area (Å²) in [7, 11) is 0. The fourth-order valence-corrected chi connectivity index (χ4v) is 4.23. The van der Waals surface area contributed by atoms with Crippen LogP contribution in [0.5, 0.6) is 0 Å². The lowest BCUT2D eigenvalue weighted by Gasteiger charge is -2.07. The van der Waals surface area contributed by atoms with Crippen LogP contribution in [0.1, 0.15) is 23.3 Å². The summed E-state index contributed by atoms with van der Waals surface area (Å²) in [5.41, 5.74) is 0.895. The quantitative estimate of drug-likeness (QED) is 0.350. The molecule has 0 saturated heterocycles. The van der Waals surface area contributed by atoms with E-state index < -0.39 is 11.7 Å². The first kappa shape index (κ1) is 18.5. The van der Waals surface area contributed by atoms with Crippen LogP contribution in [-0.2, 0) is 12.7 Å². The molecule has 4 rings (SSSR count). The number of hydrogen-bond acceptors (Lipinski definition) is 2. The molecule has 0 bridgehead atoms. The van der Waals surface area contributed by atoms with Gasteiger partial charge >= 0.3 is 6.18 Å².